The van der Waals surface area contributed by atoms with E-state index in [4.69, 9.17) is 15.7 Å². The molecule has 6 nitrogen and oxygen atoms in total. The predicted molar refractivity (Wildman–Crippen MR) is 118 cm³/mol. The fourth-order valence-electron chi connectivity index (χ4n) is 3.63. The Hall–Kier alpha value is -2.76. The van der Waals surface area contributed by atoms with E-state index in [9.17, 15) is 14.7 Å². The van der Waals surface area contributed by atoms with Gasteiger partial charge in [0.05, 0.1) is 15.7 Å². The van der Waals surface area contributed by atoms with Crippen LogP contribution in [-0.4, -0.2) is 50.7 Å². The number of aromatic hydroxyl groups is 1. The van der Waals surface area contributed by atoms with Crippen molar-refractivity contribution < 1.29 is 14.7 Å². The molecule has 2 aromatic rings. The van der Waals surface area contributed by atoms with Crippen molar-refractivity contribution in [1.29, 1.82) is 0 Å². The topological polar surface area (TPSA) is 82.5 Å². The molecule has 3 rings (SSSR count). The number of phenols is 1. The average molecular weight is 401 g/mol. The van der Waals surface area contributed by atoms with Crippen LogP contribution in [0.5, 0.6) is 5.75 Å². The second-order valence-electron chi connectivity index (χ2n) is 7.55. The van der Waals surface area contributed by atoms with Gasteiger partial charge in [0, 0.05) is 37.6 Å². The number of carbonyl (C=O) groups is 2. The quantitative estimate of drug-likeness (QED) is 0.499. The number of nitrogens with one attached hydrogen (secondary N) is 1. The first-order valence-electron chi connectivity index (χ1n) is 10.3. The normalized spacial score (nSPS) is 14.7. The summed E-state index contributed by atoms with van der Waals surface area (Å²) in [5.41, 5.74) is 2.62. The highest BCUT2D eigenvalue weighted by Gasteiger charge is 2.24. The van der Waals surface area contributed by atoms with Crippen LogP contribution in [0.4, 0.5) is 5.69 Å². The van der Waals surface area contributed by atoms with E-state index in [1.807, 2.05) is 0 Å². The molecule has 2 atom stereocenters. The third-order valence-corrected chi connectivity index (χ3v) is 5.39. The van der Waals surface area contributed by atoms with Crippen molar-refractivity contribution in [3.8, 4) is 5.75 Å². The van der Waals surface area contributed by atoms with Crippen LogP contribution in [0.15, 0.2) is 42.7 Å². The molecular weight excluding hydrogens is 376 g/mol. The Bertz CT molecular complexity index is 879. The lowest BCUT2D eigenvalue weighted by Crippen LogP contribution is -2.31. The summed E-state index contributed by atoms with van der Waals surface area (Å²) in [7, 11) is 12.0. The third kappa shape index (κ3) is 5.43. The molecule has 0 fully saturated rings. The first kappa shape index (κ1) is 21.9. The monoisotopic (exact) mass is 401 g/mol. The zero-order valence-electron chi connectivity index (χ0n) is 17.0. The number of hydrogen-bond acceptors (Lipinski definition) is 4. The molecule has 2 heterocycles. The number of anilines is 1. The number of fused-ring (bicyclic) bond motifs is 1. The van der Waals surface area contributed by atoms with Gasteiger partial charge >= 0.3 is 0 Å². The number of phenolic OH excluding ortho intramolecular Hbond substituents is 1. The van der Waals surface area contributed by atoms with Gasteiger partial charge in [0.15, 0.2) is 0 Å². The minimum atomic E-state index is -0.842. The number of aromatic nitrogens is 1. The van der Waals surface area contributed by atoms with Crippen molar-refractivity contribution in [2.75, 3.05) is 18.0 Å². The summed E-state index contributed by atoms with van der Waals surface area (Å²) in [6.45, 7) is 1.15. The summed E-state index contributed by atoms with van der Waals surface area (Å²) in [6, 6.07) is 8.67. The molecule has 0 unspecified atom stereocenters. The molecule has 0 bridgehead atoms. The number of nitrogens with zero attached hydrogens (tertiary/aromatic N) is 2. The zero-order chi connectivity index (χ0) is 21.5. The SMILES string of the molecule is [B][C@@H](C(=O)NCCCCCC(=O)N1CCc2cc(O)ccc21)[C@@H]([B])c1cccnc1. The van der Waals surface area contributed by atoms with Crippen LogP contribution in [0.25, 0.3) is 0 Å². The van der Waals surface area contributed by atoms with Crippen LogP contribution in [0.1, 0.15) is 42.6 Å². The lowest BCUT2D eigenvalue weighted by atomic mass is 9.63. The van der Waals surface area contributed by atoms with Gasteiger partial charge in [-0.2, -0.15) is 0 Å². The molecule has 4 radical (unpaired) electrons. The maximum Gasteiger partial charge on any atom is 0.226 e. The van der Waals surface area contributed by atoms with Gasteiger partial charge in [0.25, 0.3) is 0 Å². The van der Waals surface area contributed by atoms with Crippen molar-refractivity contribution >= 4 is 33.2 Å². The van der Waals surface area contributed by atoms with Gasteiger partial charge in [0.1, 0.15) is 5.75 Å². The fourth-order valence-corrected chi connectivity index (χ4v) is 3.63. The molecule has 2 N–H and O–H groups in total. The Morgan fingerprint density at radius 2 is 2.03 bits per heavy atom. The minimum Gasteiger partial charge on any atom is -0.508 e. The van der Waals surface area contributed by atoms with E-state index < -0.39 is 11.6 Å². The van der Waals surface area contributed by atoms with E-state index >= 15 is 0 Å². The highest BCUT2D eigenvalue weighted by atomic mass is 16.3. The highest BCUT2D eigenvalue weighted by Crippen LogP contribution is 2.31. The molecular formula is C22H25B2N3O3. The summed E-state index contributed by atoms with van der Waals surface area (Å²) >= 11 is 0. The molecule has 1 aliphatic rings. The first-order valence-corrected chi connectivity index (χ1v) is 10.3. The molecule has 0 aliphatic carbocycles. The second kappa shape index (κ2) is 10.3. The number of carbonyl (C=O) groups excluding carboxylic acids is 2. The van der Waals surface area contributed by atoms with E-state index in [1.165, 1.54) is 0 Å². The smallest absolute Gasteiger partial charge is 0.226 e. The van der Waals surface area contributed by atoms with E-state index in [1.54, 1.807) is 47.6 Å². The summed E-state index contributed by atoms with van der Waals surface area (Å²) in [4.78, 5) is 30.5. The van der Waals surface area contributed by atoms with Gasteiger partial charge in [-0.15, -0.1) is 0 Å². The molecule has 0 spiro atoms. The van der Waals surface area contributed by atoms with Gasteiger partial charge in [-0.05, 0) is 66.3 Å². The number of unbranched alkanes of at least 4 members (excludes halogenated alkanes) is 2. The Labute approximate surface area is 179 Å². The van der Waals surface area contributed by atoms with Gasteiger partial charge in [-0.3, -0.25) is 14.6 Å². The van der Waals surface area contributed by atoms with Crippen LogP contribution in [-0.2, 0) is 16.0 Å². The van der Waals surface area contributed by atoms with Crippen molar-refractivity contribution in [3.05, 3.63) is 53.9 Å². The molecule has 2 amide bonds. The zero-order valence-corrected chi connectivity index (χ0v) is 17.0. The fraction of sp³-hybridized carbons (Fsp3) is 0.409. The van der Waals surface area contributed by atoms with Crippen molar-refractivity contribution in [1.82, 2.24) is 10.3 Å². The van der Waals surface area contributed by atoms with Crippen molar-refractivity contribution in [2.45, 2.75) is 43.7 Å². The molecule has 8 heteroatoms. The number of benzene rings is 1. The highest BCUT2D eigenvalue weighted by molar-refractivity contribution is 6.30. The molecule has 1 aromatic carbocycles. The maximum absolute atomic E-state index is 12.5. The second-order valence-corrected chi connectivity index (χ2v) is 7.55. The number of hydrogen-bond donors (Lipinski definition) is 2. The molecule has 0 saturated carbocycles. The van der Waals surface area contributed by atoms with Crippen LogP contribution in [0.3, 0.4) is 0 Å². The van der Waals surface area contributed by atoms with Crippen LogP contribution >= 0.6 is 0 Å². The lowest BCUT2D eigenvalue weighted by molar-refractivity contribution is -0.121. The summed E-state index contributed by atoms with van der Waals surface area (Å²) in [5, 5.41) is 12.4. The average Bonchev–Trinajstić information content (AvgIpc) is 3.18. The number of pyridine rings is 1. The van der Waals surface area contributed by atoms with E-state index in [-0.39, 0.29) is 17.6 Å². The molecule has 1 aliphatic heterocycles. The van der Waals surface area contributed by atoms with E-state index in [2.05, 4.69) is 10.3 Å². The lowest BCUT2D eigenvalue weighted by Gasteiger charge is -2.20. The summed E-state index contributed by atoms with van der Waals surface area (Å²) in [6.07, 6.45) is 6.81. The van der Waals surface area contributed by atoms with Crippen molar-refractivity contribution in [2.24, 2.45) is 0 Å². The molecule has 0 saturated heterocycles. The maximum atomic E-state index is 12.5. The van der Waals surface area contributed by atoms with Crippen LogP contribution in [0, 0.1) is 0 Å². The summed E-state index contributed by atoms with van der Waals surface area (Å²) in [5.74, 6) is -1.43. The Balaban J connectivity index is 1.33. The van der Waals surface area contributed by atoms with Gasteiger partial charge in [-0.1, -0.05) is 12.5 Å². The van der Waals surface area contributed by atoms with Gasteiger partial charge in [0.2, 0.25) is 11.8 Å². The van der Waals surface area contributed by atoms with E-state index in [0.29, 0.717) is 19.5 Å². The Kier molecular flexibility index (Phi) is 7.55. The Morgan fingerprint density at radius 1 is 1.20 bits per heavy atom. The molecule has 1 aromatic heterocycles. The third-order valence-electron chi connectivity index (χ3n) is 5.39. The number of rotatable bonds is 9. The number of amides is 2. The van der Waals surface area contributed by atoms with Gasteiger partial charge in [-0.25, -0.2) is 0 Å². The first-order chi connectivity index (χ1) is 14.5. The van der Waals surface area contributed by atoms with E-state index in [0.717, 1.165) is 42.5 Å². The molecule has 152 valence electrons. The molecule has 30 heavy (non-hydrogen) atoms. The minimum absolute atomic E-state index is 0.0907. The Morgan fingerprint density at radius 3 is 2.80 bits per heavy atom. The largest absolute Gasteiger partial charge is 0.508 e. The summed E-state index contributed by atoms with van der Waals surface area (Å²) < 4.78 is 0. The van der Waals surface area contributed by atoms with Gasteiger partial charge < -0.3 is 15.3 Å². The van der Waals surface area contributed by atoms with Crippen LogP contribution in [0.2, 0.25) is 5.82 Å². The standard InChI is InChI=1S/C22H25B2N3O3/c23-20(16-5-4-10-25-14-16)21(24)22(30)26-11-3-1-2-6-19(29)27-12-9-15-13-17(28)7-8-18(15)27/h4-5,7-8,10,13-14,20-21,28H,1-3,6,9,11-12H2,(H,26,30)/t20-,21+/m0/s1. The predicted octanol–water partition coefficient (Wildman–Crippen LogP) is 2.22. The van der Waals surface area contributed by atoms with Crippen LogP contribution < -0.4 is 10.2 Å². The van der Waals surface area contributed by atoms with Crippen molar-refractivity contribution in [3.63, 3.8) is 0 Å².